The molecule has 0 bridgehead atoms. The van der Waals surface area contributed by atoms with Gasteiger partial charge in [0.2, 0.25) is 0 Å². The minimum Gasteiger partial charge on any atom is -0.382 e. The number of benzene rings is 1. The Balaban J connectivity index is 1.67. The summed E-state index contributed by atoms with van der Waals surface area (Å²) in [5.74, 6) is 0. The van der Waals surface area contributed by atoms with Gasteiger partial charge in [0.1, 0.15) is 11.8 Å². The van der Waals surface area contributed by atoms with Crippen molar-refractivity contribution >= 4 is 0 Å². The average Bonchev–Trinajstić information content (AvgIpc) is 2.74. The zero-order valence-electron chi connectivity index (χ0n) is 16.8. The van der Waals surface area contributed by atoms with Crippen molar-refractivity contribution in [2.75, 3.05) is 19.6 Å². The highest BCUT2D eigenvalue weighted by Gasteiger charge is 2.36. The van der Waals surface area contributed by atoms with Gasteiger partial charge in [0, 0.05) is 25.8 Å². The summed E-state index contributed by atoms with van der Waals surface area (Å²) >= 11 is 0. The number of aromatic nitrogens is 1. The van der Waals surface area contributed by atoms with Crippen molar-refractivity contribution < 1.29 is 0 Å². The molecule has 1 saturated heterocycles. The van der Waals surface area contributed by atoms with Gasteiger partial charge in [0.25, 0.3) is 0 Å². The molecule has 1 fully saturated rings. The fourth-order valence-corrected chi connectivity index (χ4v) is 4.30. The first-order valence-electron chi connectivity index (χ1n) is 10.2. The Morgan fingerprint density at radius 2 is 2.04 bits per heavy atom. The van der Waals surface area contributed by atoms with Crippen molar-refractivity contribution in [1.82, 2.24) is 15.2 Å². The van der Waals surface area contributed by atoms with Gasteiger partial charge in [0.05, 0.1) is 5.54 Å². The molecular weight excluding hydrogens is 344 g/mol. The van der Waals surface area contributed by atoms with E-state index >= 15 is 0 Å². The second-order valence-corrected chi connectivity index (χ2v) is 7.59. The second-order valence-electron chi connectivity index (χ2n) is 7.59. The predicted octanol–water partition coefficient (Wildman–Crippen LogP) is 4.17. The number of nitriles is 1. The summed E-state index contributed by atoms with van der Waals surface area (Å²) in [6.45, 7) is 9.31. The first-order valence-corrected chi connectivity index (χ1v) is 10.2. The number of piperidine rings is 1. The highest BCUT2D eigenvalue weighted by atomic mass is 15.1. The van der Waals surface area contributed by atoms with Crippen molar-refractivity contribution in [3.05, 3.63) is 77.8 Å². The molecule has 0 saturated carbocycles. The molecule has 28 heavy (non-hydrogen) atoms. The molecule has 1 N–H and O–H groups in total. The number of likely N-dealkylation sites (tertiary alicyclic amines) is 1. The summed E-state index contributed by atoms with van der Waals surface area (Å²) in [6, 6.07) is 14.9. The van der Waals surface area contributed by atoms with E-state index in [0.717, 1.165) is 51.7 Å². The van der Waals surface area contributed by atoms with E-state index in [1.54, 1.807) is 6.20 Å². The lowest BCUT2D eigenvalue weighted by Crippen LogP contribution is -2.50. The van der Waals surface area contributed by atoms with Crippen LogP contribution in [0.1, 0.15) is 48.6 Å². The van der Waals surface area contributed by atoms with E-state index in [-0.39, 0.29) is 5.54 Å². The molecule has 2 aromatic rings. The normalized spacial score (nSPS) is 16.3. The molecule has 0 unspecified atom stereocenters. The van der Waals surface area contributed by atoms with Crippen LogP contribution in [0.2, 0.25) is 0 Å². The Kier molecular flexibility index (Phi) is 6.84. The maximum atomic E-state index is 9.02. The average molecular weight is 375 g/mol. The van der Waals surface area contributed by atoms with Crippen LogP contribution in [0.4, 0.5) is 0 Å². The van der Waals surface area contributed by atoms with Crippen LogP contribution in [0.15, 0.2) is 55.4 Å². The zero-order chi connectivity index (χ0) is 19.8. The summed E-state index contributed by atoms with van der Waals surface area (Å²) in [7, 11) is 0. The monoisotopic (exact) mass is 374 g/mol. The summed E-state index contributed by atoms with van der Waals surface area (Å²) in [4.78, 5) is 6.58. The minimum absolute atomic E-state index is 0.0192. The lowest BCUT2D eigenvalue weighted by molar-refractivity contribution is 0.145. The molecule has 1 aliphatic heterocycles. The number of nitrogens with one attached hydrogen (secondary N) is 1. The molecule has 0 radical (unpaired) electrons. The molecule has 4 heteroatoms. The Morgan fingerprint density at radius 3 is 2.75 bits per heavy atom. The maximum Gasteiger partial charge on any atom is 0.140 e. The summed E-state index contributed by atoms with van der Waals surface area (Å²) in [5, 5.41) is 12.6. The van der Waals surface area contributed by atoms with Crippen LogP contribution >= 0.6 is 0 Å². The standard InChI is InChI=1S/C24H30N4/c1-3-7-21-8-5-6-9-23(21)24(27-4-2)12-16-28(17-13-24)15-11-20-10-14-26-22(18-20)19-25/h4-6,8-10,14,18,27H,2-3,7,11-13,15-17H2,1H3. The van der Waals surface area contributed by atoms with Crippen molar-refractivity contribution in [2.45, 2.75) is 44.6 Å². The number of rotatable bonds is 8. The topological polar surface area (TPSA) is 52.0 Å². The molecule has 1 aliphatic rings. The number of pyridine rings is 1. The number of hydrogen-bond acceptors (Lipinski definition) is 4. The molecule has 146 valence electrons. The first kappa shape index (κ1) is 20.1. The Hall–Kier alpha value is -2.64. The highest BCUT2D eigenvalue weighted by molar-refractivity contribution is 5.35. The summed E-state index contributed by atoms with van der Waals surface area (Å²) in [6.07, 6.45) is 8.95. The van der Waals surface area contributed by atoms with Gasteiger partial charge in [0.15, 0.2) is 0 Å². The van der Waals surface area contributed by atoms with Gasteiger partial charge < -0.3 is 10.2 Å². The molecule has 2 heterocycles. The molecule has 1 aromatic carbocycles. The molecule has 0 aliphatic carbocycles. The van der Waals surface area contributed by atoms with Gasteiger partial charge in [-0.1, -0.05) is 44.2 Å². The van der Waals surface area contributed by atoms with Gasteiger partial charge in [-0.2, -0.15) is 5.26 Å². The Morgan fingerprint density at radius 1 is 1.25 bits per heavy atom. The van der Waals surface area contributed by atoms with E-state index in [1.807, 2.05) is 18.3 Å². The van der Waals surface area contributed by atoms with Crippen LogP contribution in [-0.2, 0) is 18.4 Å². The lowest BCUT2D eigenvalue weighted by Gasteiger charge is -2.43. The van der Waals surface area contributed by atoms with Crippen molar-refractivity contribution in [2.24, 2.45) is 0 Å². The second kappa shape index (κ2) is 9.52. The van der Waals surface area contributed by atoms with Gasteiger partial charge in [-0.25, -0.2) is 4.98 Å². The SMILES string of the molecule is C=CNC1(c2ccccc2CCC)CCN(CCc2ccnc(C#N)c2)CC1. The number of nitrogens with zero attached hydrogens (tertiary/aromatic N) is 3. The molecule has 0 atom stereocenters. The number of hydrogen-bond donors (Lipinski definition) is 1. The van der Waals surface area contributed by atoms with Gasteiger partial charge in [-0.15, -0.1) is 0 Å². The quantitative estimate of drug-likeness (QED) is 0.753. The fraction of sp³-hybridized carbons (Fsp3) is 0.417. The largest absolute Gasteiger partial charge is 0.382 e. The van der Waals surface area contributed by atoms with E-state index in [2.05, 4.69) is 59.0 Å². The highest BCUT2D eigenvalue weighted by Crippen LogP contribution is 2.35. The van der Waals surface area contributed by atoms with E-state index in [1.165, 1.54) is 16.7 Å². The third-order valence-electron chi connectivity index (χ3n) is 5.80. The molecule has 4 nitrogen and oxygen atoms in total. The maximum absolute atomic E-state index is 9.02. The molecule has 3 rings (SSSR count). The van der Waals surface area contributed by atoms with Crippen molar-refractivity contribution in [1.29, 1.82) is 5.26 Å². The minimum atomic E-state index is -0.0192. The van der Waals surface area contributed by atoms with Crippen LogP contribution in [-0.4, -0.2) is 29.5 Å². The molecule has 0 spiro atoms. The first-order chi connectivity index (χ1) is 13.7. The Bertz CT molecular complexity index is 828. The summed E-state index contributed by atoms with van der Waals surface area (Å²) < 4.78 is 0. The summed E-state index contributed by atoms with van der Waals surface area (Å²) in [5.41, 5.74) is 4.55. The zero-order valence-corrected chi connectivity index (χ0v) is 16.8. The van der Waals surface area contributed by atoms with Crippen LogP contribution in [0.3, 0.4) is 0 Å². The van der Waals surface area contributed by atoms with Crippen LogP contribution in [0.5, 0.6) is 0 Å². The molecular formula is C24H30N4. The predicted molar refractivity (Wildman–Crippen MR) is 114 cm³/mol. The van der Waals surface area contributed by atoms with Gasteiger partial charge >= 0.3 is 0 Å². The molecule has 1 aromatic heterocycles. The molecule has 0 amide bonds. The van der Waals surface area contributed by atoms with E-state index in [9.17, 15) is 0 Å². The smallest absolute Gasteiger partial charge is 0.140 e. The van der Waals surface area contributed by atoms with Crippen LogP contribution in [0, 0.1) is 11.3 Å². The van der Waals surface area contributed by atoms with E-state index in [4.69, 9.17) is 5.26 Å². The van der Waals surface area contributed by atoms with Crippen LogP contribution in [0.25, 0.3) is 0 Å². The third kappa shape index (κ3) is 4.61. The van der Waals surface area contributed by atoms with E-state index in [0.29, 0.717) is 5.69 Å². The van der Waals surface area contributed by atoms with Gasteiger partial charge in [-0.3, -0.25) is 0 Å². The van der Waals surface area contributed by atoms with Crippen molar-refractivity contribution in [3.8, 4) is 6.07 Å². The van der Waals surface area contributed by atoms with Gasteiger partial charge in [-0.05, 0) is 60.7 Å². The number of aryl methyl sites for hydroxylation is 1. The lowest BCUT2D eigenvalue weighted by atomic mass is 9.78. The van der Waals surface area contributed by atoms with Crippen molar-refractivity contribution in [3.63, 3.8) is 0 Å². The third-order valence-corrected chi connectivity index (χ3v) is 5.80. The van der Waals surface area contributed by atoms with E-state index < -0.39 is 0 Å². The fourth-order valence-electron chi connectivity index (χ4n) is 4.30. The van der Waals surface area contributed by atoms with Crippen LogP contribution < -0.4 is 5.32 Å². The Labute approximate surface area is 168 Å².